The highest BCUT2D eigenvalue weighted by atomic mass is 16.3. The molecule has 90 valence electrons. The van der Waals surface area contributed by atoms with Crippen molar-refractivity contribution in [2.75, 3.05) is 4.90 Å². The Balaban J connectivity index is 2.06. The second-order valence-corrected chi connectivity index (χ2v) is 4.47. The van der Waals surface area contributed by atoms with E-state index in [1.54, 1.807) is 12.1 Å². The summed E-state index contributed by atoms with van der Waals surface area (Å²) in [7, 11) is 0. The number of carbonyl (C=O) groups excluding carboxylic acids is 1. The number of rotatable bonds is 1. The zero-order chi connectivity index (χ0) is 12.7. The Hall–Kier alpha value is -2.13. The van der Waals surface area contributed by atoms with E-state index in [0.717, 1.165) is 5.56 Å². The highest BCUT2D eigenvalue weighted by molar-refractivity contribution is 6.10. The van der Waals surface area contributed by atoms with Crippen LogP contribution in [0.4, 0.5) is 5.69 Å². The van der Waals surface area contributed by atoms with Gasteiger partial charge in [-0.25, -0.2) is 0 Å². The average Bonchev–Trinajstić information content (AvgIpc) is 2.64. The molecule has 0 spiro atoms. The second-order valence-electron chi connectivity index (χ2n) is 4.47. The summed E-state index contributed by atoms with van der Waals surface area (Å²) >= 11 is 0. The Labute approximate surface area is 105 Å². The first-order valence-corrected chi connectivity index (χ1v) is 5.86. The van der Waals surface area contributed by atoms with E-state index in [2.05, 4.69) is 0 Å². The number of anilines is 1. The number of aliphatic hydroxyl groups is 1. The lowest BCUT2D eigenvalue weighted by Gasteiger charge is -2.21. The fourth-order valence-corrected chi connectivity index (χ4v) is 2.26. The van der Waals surface area contributed by atoms with Crippen molar-refractivity contribution < 1.29 is 9.90 Å². The van der Waals surface area contributed by atoms with Gasteiger partial charge in [-0.15, -0.1) is 0 Å². The molecule has 1 heterocycles. The first kappa shape index (κ1) is 11.0. The molecule has 0 saturated carbocycles. The third kappa shape index (κ3) is 1.52. The zero-order valence-electron chi connectivity index (χ0n) is 10.00. The molecule has 0 aliphatic carbocycles. The molecule has 0 radical (unpaired) electrons. The highest BCUT2D eigenvalue weighted by Gasteiger charge is 2.35. The first-order valence-electron chi connectivity index (χ1n) is 5.86. The largest absolute Gasteiger partial charge is 0.369 e. The molecular formula is C15H13NO2. The Morgan fingerprint density at radius 3 is 2.39 bits per heavy atom. The van der Waals surface area contributed by atoms with Crippen molar-refractivity contribution in [3.05, 3.63) is 65.2 Å². The average molecular weight is 239 g/mol. The molecule has 0 aromatic heterocycles. The number of hydrogen-bond acceptors (Lipinski definition) is 2. The molecule has 18 heavy (non-hydrogen) atoms. The number of carbonyl (C=O) groups is 1. The van der Waals surface area contributed by atoms with Crippen LogP contribution in [-0.2, 0) is 0 Å². The Morgan fingerprint density at radius 1 is 1.06 bits per heavy atom. The second kappa shape index (κ2) is 3.96. The van der Waals surface area contributed by atoms with E-state index in [1.807, 2.05) is 43.3 Å². The van der Waals surface area contributed by atoms with E-state index in [-0.39, 0.29) is 5.91 Å². The van der Waals surface area contributed by atoms with Gasteiger partial charge in [0.15, 0.2) is 6.23 Å². The monoisotopic (exact) mass is 239 g/mol. The first-order chi connectivity index (χ1) is 8.68. The predicted molar refractivity (Wildman–Crippen MR) is 69.4 cm³/mol. The standard InChI is InChI=1S/C15H13NO2/c1-10-6-8-11(9-7-10)16-14(17)12-4-2-3-5-13(12)15(16)18/h2-9,14,17H,1H3/t14-/m1/s1. The van der Waals surface area contributed by atoms with Gasteiger partial charge in [-0.1, -0.05) is 35.9 Å². The van der Waals surface area contributed by atoms with Gasteiger partial charge in [0, 0.05) is 16.8 Å². The van der Waals surface area contributed by atoms with Crippen LogP contribution in [0.3, 0.4) is 0 Å². The van der Waals surface area contributed by atoms with Gasteiger partial charge in [0.2, 0.25) is 0 Å². The van der Waals surface area contributed by atoms with Gasteiger partial charge < -0.3 is 5.11 Å². The quantitative estimate of drug-likeness (QED) is 0.831. The molecule has 1 N–H and O–H groups in total. The predicted octanol–water partition coefficient (Wildman–Crippen LogP) is 2.65. The summed E-state index contributed by atoms with van der Waals surface area (Å²) in [6, 6.07) is 14.7. The Bertz CT molecular complexity index is 604. The van der Waals surface area contributed by atoms with Gasteiger partial charge in [0.1, 0.15) is 0 Å². The topological polar surface area (TPSA) is 40.5 Å². The number of nitrogens with zero attached hydrogens (tertiary/aromatic N) is 1. The van der Waals surface area contributed by atoms with Crippen molar-refractivity contribution in [1.82, 2.24) is 0 Å². The van der Waals surface area contributed by atoms with Gasteiger partial charge in [-0.05, 0) is 25.1 Å². The number of benzene rings is 2. The van der Waals surface area contributed by atoms with Crippen LogP contribution in [0.25, 0.3) is 0 Å². The summed E-state index contributed by atoms with van der Waals surface area (Å²) in [6.45, 7) is 1.99. The van der Waals surface area contributed by atoms with E-state index in [4.69, 9.17) is 0 Å². The molecule has 1 aliphatic heterocycles. The smallest absolute Gasteiger partial charge is 0.261 e. The van der Waals surface area contributed by atoms with Crippen LogP contribution in [0, 0.1) is 6.92 Å². The third-order valence-electron chi connectivity index (χ3n) is 3.24. The van der Waals surface area contributed by atoms with Crippen LogP contribution < -0.4 is 4.90 Å². The minimum Gasteiger partial charge on any atom is -0.369 e. The van der Waals surface area contributed by atoms with Crippen molar-refractivity contribution in [3.63, 3.8) is 0 Å². The van der Waals surface area contributed by atoms with Crippen molar-refractivity contribution in [3.8, 4) is 0 Å². The minimum absolute atomic E-state index is 0.151. The third-order valence-corrected chi connectivity index (χ3v) is 3.24. The number of aliphatic hydroxyl groups excluding tert-OH is 1. The van der Waals surface area contributed by atoms with Gasteiger partial charge in [0.05, 0.1) is 0 Å². The van der Waals surface area contributed by atoms with Gasteiger partial charge in [-0.2, -0.15) is 0 Å². The van der Waals surface area contributed by atoms with Gasteiger partial charge in [0.25, 0.3) is 5.91 Å². The van der Waals surface area contributed by atoms with Crippen LogP contribution in [0.5, 0.6) is 0 Å². The molecule has 2 aromatic rings. The van der Waals surface area contributed by atoms with E-state index >= 15 is 0 Å². The maximum absolute atomic E-state index is 12.3. The fourth-order valence-electron chi connectivity index (χ4n) is 2.26. The fraction of sp³-hybridized carbons (Fsp3) is 0.133. The van der Waals surface area contributed by atoms with E-state index in [1.165, 1.54) is 4.90 Å². The zero-order valence-corrected chi connectivity index (χ0v) is 10.00. The minimum atomic E-state index is -0.892. The van der Waals surface area contributed by atoms with Crippen LogP contribution >= 0.6 is 0 Å². The lowest BCUT2D eigenvalue weighted by molar-refractivity contribution is 0.0935. The van der Waals surface area contributed by atoms with Crippen LogP contribution in [0.15, 0.2) is 48.5 Å². The van der Waals surface area contributed by atoms with Gasteiger partial charge >= 0.3 is 0 Å². The van der Waals surface area contributed by atoms with Crippen LogP contribution in [-0.4, -0.2) is 11.0 Å². The van der Waals surface area contributed by atoms with Gasteiger partial charge in [-0.3, -0.25) is 9.69 Å². The summed E-state index contributed by atoms with van der Waals surface area (Å²) in [4.78, 5) is 13.7. The highest BCUT2D eigenvalue weighted by Crippen LogP contribution is 2.35. The summed E-state index contributed by atoms with van der Waals surface area (Å²) in [5.41, 5.74) is 3.08. The lowest BCUT2D eigenvalue weighted by Crippen LogP contribution is -2.27. The summed E-state index contributed by atoms with van der Waals surface area (Å²) in [6.07, 6.45) is -0.892. The molecule has 1 amide bonds. The molecule has 0 saturated heterocycles. The molecule has 1 aliphatic rings. The molecular weight excluding hydrogens is 226 g/mol. The number of fused-ring (bicyclic) bond motifs is 1. The SMILES string of the molecule is Cc1ccc(N2C(=O)c3ccccc3[C@H]2O)cc1. The Kier molecular flexibility index (Phi) is 2.42. The van der Waals surface area contributed by atoms with Crippen molar-refractivity contribution >= 4 is 11.6 Å². The Morgan fingerprint density at radius 2 is 1.72 bits per heavy atom. The molecule has 0 unspecified atom stereocenters. The van der Waals surface area contributed by atoms with Crippen molar-refractivity contribution in [2.24, 2.45) is 0 Å². The summed E-state index contributed by atoms with van der Waals surface area (Å²) in [5, 5.41) is 10.2. The van der Waals surface area contributed by atoms with Crippen LogP contribution in [0.1, 0.15) is 27.7 Å². The molecule has 3 nitrogen and oxygen atoms in total. The molecule has 0 bridgehead atoms. The molecule has 3 heteroatoms. The molecule has 1 atom stereocenters. The number of aryl methyl sites for hydroxylation is 1. The number of hydrogen-bond donors (Lipinski definition) is 1. The van der Waals surface area contributed by atoms with Crippen molar-refractivity contribution in [2.45, 2.75) is 13.2 Å². The molecule has 2 aromatic carbocycles. The van der Waals surface area contributed by atoms with E-state index < -0.39 is 6.23 Å². The summed E-state index contributed by atoms with van der Waals surface area (Å²) in [5.74, 6) is -0.151. The number of amides is 1. The van der Waals surface area contributed by atoms with E-state index in [0.29, 0.717) is 16.8 Å². The van der Waals surface area contributed by atoms with Crippen LogP contribution in [0.2, 0.25) is 0 Å². The summed E-state index contributed by atoms with van der Waals surface area (Å²) < 4.78 is 0. The maximum Gasteiger partial charge on any atom is 0.261 e. The molecule has 0 fully saturated rings. The normalized spacial score (nSPS) is 18.0. The lowest BCUT2D eigenvalue weighted by atomic mass is 10.1. The maximum atomic E-state index is 12.3. The molecule has 3 rings (SSSR count). The van der Waals surface area contributed by atoms with E-state index in [9.17, 15) is 9.90 Å². The van der Waals surface area contributed by atoms with Crippen molar-refractivity contribution in [1.29, 1.82) is 0 Å².